The average molecular weight is 628 g/mol. The molecule has 13 nitrogen and oxygen atoms in total. The fraction of sp³-hybridized carbons (Fsp3) is 0.364. The average Bonchev–Trinajstić information content (AvgIpc) is 3.48. The second-order valence-electron chi connectivity index (χ2n) is 10.6. The molecule has 0 aliphatic carbocycles. The lowest BCUT2D eigenvalue weighted by molar-refractivity contribution is -0.128. The molecule has 0 bridgehead atoms. The SMILES string of the molecule is Cc1cc(O)cc(C)c1C#C[C@H](NC(=O)C(N)CCCN=C(N)N)C(=O)N[C@H](C#CCCCN)c1nc(Cc2ccccc2)no1. The van der Waals surface area contributed by atoms with Crippen molar-refractivity contribution in [2.75, 3.05) is 13.1 Å². The van der Waals surface area contributed by atoms with E-state index < -0.39 is 29.9 Å². The first-order chi connectivity index (χ1) is 22.1. The Morgan fingerprint density at radius 1 is 1.04 bits per heavy atom. The zero-order valence-electron chi connectivity index (χ0n) is 26.0. The van der Waals surface area contributed by atoms with Crippen molar-refractivity contribution >= 4 is 17.8 Å². The number of amides is 2. The van der Waals surface area contributed by atoms with Crippen molar-refractivity contribution in [2.24, 2.45) is 27.9 Å². The summed E-state index contributed by atoms with van der Waals surface area (Å²) in [6.45, 7) is 4.33. The number of aromatic nitrogens is 2. The van der Waals surface area contributed by atoms with E-state index in [1.54, 1.807) is 26.0 Å². The van der Waals surface area contributed by atoms with Crippen molar-refractivity contribution < 1.29 is 19.2 Å². The second kappa shape index (κ2) is 17.8. The van der Waals surface area contributed by atoms with Gasteiger partial charge in [0.1, 0.15) is 5.75 Å². The third-order valence-electron chi connectivity index (χ3n) is 6.69. The molecule has 0 radical (unpaired) electrons. The van der Waals surface area contributed by atoms with Crippen LogP contribution in [0.1, 0.15) is 65.7 Å². The number of phenols is 1. The van der Waals surface area contributed by atoms with Crippen LogP contribution in [0.2, 0.25) is 0 Å². The maximum absolute atomic E-state index is 13.7. The lowest BCUT2D eigenvalue weighted by Gasteiger charge is -2.18. The molecule has 2 amide bonds. The predicted octanol–water partition coefficient (Wildman–Crippen LogP) is 0.800. The van der Waals surface area contributed by atoms with Gasteiger partial charge in [-0.1, -0.05) is 53.2 Å². The first kappa shape index (κ1) is 35.1. The second-order valence-corrected chi connectivity index (χ2v) is 10.6. The number of hydrogen-bond donors (Lipinski definition) is 7. The van der Waals surface area contributed by atoms with Gasteiger partial charge in [0, 0.05) is 24.9 Å². The van der Waals surface area contributed by atoms with E-state index in [-0.39, 0.29) is 24.0 Å². The number of nitrogens with zero attached hydrogens (tertiary/aromatic N) is 3. The van der Waals surface area contributed by atoms with Crippen molar-refractivity contribution in [3.63, 3.8) is 0 Å². The molecule has 13 heteroatoms. The molecule has 242 valence electrons. The summed E-state index contributed by atoms with van der Waals surface area (Å²) in [5, 5.41) is 19.4. The Morgan fingerprint density at radius 3 is 2.43 bits per heavy atom. The Bertz CT molecular complexity index is 1600. The molecule has 1 heterocycles. The van der Waals surface area contributed by atoms with Gasteiger partial charge in [0.15, 0.2) is 23.9 Å². The summed E-state index contributed by atoms with van der Waals surface area (Å²) in [6, 6.07) is 9.47. The van der Waals surface area contributed by atoms with Crippen LogP contribution in [0.15, 0.2) is 52.0 Å². The Hall–Kier alpha value is -5.37. The summed E-state index contributed by atoms with van der Waals surface area (Å²) < 4.78 is 5.50. The van der Waals surface area contributed by atoms with Gasteiger partial charge in [0.2, 0.25) is 5.91 Å². The summed E-state index contributed by atoms with van der Waals surface area (Å²) in [5.41, 5.74) is 25.4. The summed E-state index contributed by atoms with van der Waals surface area (Å²) in [5.74, 6) is 11.1. The Balaban J connectivity index is 1.88. The van der Waals surface area contributed by atoms with Gasteiger partial charge in [0.05, 0.1) is 6.04 Å². The maximum atomic E-state index is 13.7. The molecule has 46 heavy (non-hydrogen) atoms. The van der Waals surface area contributed by atoms with E-state index in [1.807, 2.05) is 30.3 Å². The first-order valence-electron chi connectivity index (χ1n) is 14.9. The van der Waals surface area contributed by atoms with E-state index in [2.05, 4.69) is 49.4 Å². The van der Waals surface area contributed by atoms with Gasteiger partial charge in [-0.2, -0.15) is 4.98 Å². The molecule has 0 aliphatic heterocycles. The third kappa shape index (κ3) is 11.3. The fourth-order valence-electron chi connectivity index (χ4n) is 4.33. The summed E-state index contributed by atoms with van der Waals surface area (Å²) in [7, 11) is 0. The number of phenolic OH excluding ortho intramolecular Hbond substituents is 1. The maximum Gasteiger partial charge on any atom is 0.261 e. The predicted molar refractivity (Wildman–Crippen MR) is 175 cm³/mol. The van der Waals surface area contributed by atoms with Crippen LogP contribution in [-0.4, -0.2) is 58.2 Å². The van der Waals surface area contributed by atoms with E-state index in [4.69, 9.17) is 27.5 Å². The molecule has 0 saturated carbocycles. The molecule has 2 aromatic carbocycles. The molecule has 3 aromatic rings. The highest BCUT2D eigenvalue weighted by atomic mass is 16.5. The van der Waals surface area contributed by atoms with E-state index in [0.717, 1.165) is 5.56 Å². The van der Waals surface area contributed by atoms with Gasteiger partial charge in [-0.3, -0.25) is 14.6 Å². The Morgan fingerprint density at radius 2 is 1.76 bits per heavy atom. The van der Waals surface area contributed by atoms with Crippen molar-refractivity contribution in [1.29, 1.82) is 0 Å². The molecule has 3 rings (SSSR count). The topological polar surface area (TPSA) is 234 Å². The number of nitrogens with one attached hydrogen (secondary N) is 2. The molecular weight excluding hydrogens is 586 g/mol. The zero-order valence-corrected chi connectivity index (χ0v) is 26.0. The molecule has 0 aliphatic rings. The van der Waals surface area contributed by atoms with Crippen molar-refractivity contribution in [1.82, 2.24) is 20.8 Å². The lowest BCUT2D eigenvalue weighted by Crippen LogP contribution is -2.51. The van der Waals surface area contributed by atoms with E-state index >= 15 is 0 Å². The summed E-state index contributed by atoms with van der Waals surface area (Å²) >= 11 is 0. The van der Waals surface area contributed by atoms with Crippen LogP contribution in [0, 0.1) is 37.5 Å². The first-order valence-corrected chi connectivity index (χ1v) is 14.9. The van der Waals surface area contributed by atoms with Gasteiger partial charge in [-0.25, -0.2) is 0 Å². The van der Waals surface area contributed by atoms with Gasteiger partial charge in [0.25, 0.3) is 11.8 Å². The number of aliphatic imine (C=N–C) groups is 1. The van der Waals surface area contributed by atoms with Gasteiger partial charge >= 0.3 is 0 Å². The number of aryl methyl sites for hydroxylation is 2. The number of unbranched alkanes of at least 4 members (excludes halogenated alkanes) is 1. The van der Waals surface area contributed by atoms with Crippen LogP contribution in [0.4, 0.5) is 0 Å². The number of rotatable bonds is 13. The molecule has 0 fully saturated rings. The quantitative estimate of drug-likeness (QED) is 0.0609. The Kier molecular flexibility index (Phi) is 13.6. The number of nitrogens with two attached hydrogens (primary N) is 4. The molecule has 0 spiro atoms. The zero-order chi connectivity index (χ0) is 33.5. The summed E-state index contributed by atoms with van der Waals surface area (Å²) in [4.78, 5) is 35.2. The van der Waals surface area contributed by atoms with Crippen molar-refractivity contribution in [3.8, 4) is 29.4 Å². The fourth-order valence-corrected chi connectivity index (χ4v) is 4.33. The molecule has 0 saturated heterocycles. The number of carbonyl (C=O) groups is 2. The molecular formula is C33H41N9O4. The third-order valence-corrected chi connectivity index (χ3v) is 6.69. The Labute approximate surface area is 268 Å². The highest BCUT2D eigenvalue weighted by Crippen LogP contribution is 2.20. The highest BCUT2D eigenvalue weighted by molar-refractivity contribution is 5.92. The number of hydrogen-bond acceptors (Lipinski definition) is 9. The van der Waals surface area contributed by atoms with E-state index in [9.17, 15) is 14.7 Å². The van der Waals surface area contributed by atoms with E-state index in [0.29, 0.717) is 61.3 Å². The normalized spacial score (nSPS) is 12.3. The number of carbonyl (C=O) groups excluding carboxylic acids is 2. The van der Waals surface area contributed by atoms with Crippen molar-refractivity contribution in [2.45, 2.75) is 64.1 Å². The monoisotopic (exact) mass is 627 g/mol. The standard InChI is InChI=1S/C33H41N9O4/c1-21-18-24(43)19-22(2)25(21)14-15-27(39-30(44)26(35)12-9-17-38-33(36)37)31(45)40-28(13-7-4-8-16-34)32-41-29(42-46-32)20-23-10-5-3-6-11-23/h3,5-6,10-11,18-19,26-28,43H,4,8-9,12,16-17,20,34-35H2,1-2H3,(H,39,44)(H,40,45)(H4,36,37,38)/t26?,27-,28+/m0/s1. The van der Waals surface area contributed by atoms with Crippen molar-refractivity contribution in [3.05, 3.63) is 76.4 Å². The minimum Gasteiger partial charge on any atom is -0.508 e. The lowest BCUT2D eigenvalue weighted by atomic mass is 10.0. The van der Waals surface area contributed by atoms with Crippen LogP contribution in [0.3, 0.4) is 0 Å². The molecule has 3 atom stereocenters. The van der Waals surface area contributed by atoms with Crippen LogP contribution in [0.5, 0.6) is 5.75 Å². The number of aromatic hydroxyl groups is 1. The highest BCUT2D eigenvalue weighted by Gasteiger charge is 2.27. The molecule has 1 unspecified atom stereocenters. The number of benzene rings is 2. The largest absolute Gasteiger partial charge is 0.508 e. The smallest absolute Gasteiger partial charge is 0.261 e. The van der Waals surface area contributed by atoms with Gasteiger partial charge in [-0.15, -0.1) is 5.92 Å². The van der Waals surface area contributed by atoms with Crippen LogP contribution < -0.4 is 33.6 Å². The minimum absolute atomic E-state index is 0.0565. The molecule has 11 N–H and O–H groups in total. The summed E-state index contributed by atoms with van der Waals surface area (Å²) in [6.07, 6.45) is 2.28. The minimum atomic E-state index is -1.33. The van der Waals surface area contributed by atoms with Gasteiger partial charge < -0.3 is 43.2 Å². The van der Waals surface area contributed by atoms with Gasteiger partial charge in [-0.05, 0) is 68.5 Å². The van der Waals surface area contributed by atoms with E-state index in [1.165, 1.54) is 0 Å². The van der Waals surface area contributed by atoms with Crippen LogP contribution in [0.25, 0.3) is 0 Å². The van der Waals surface area contributed by atoms with Crippen LogP contribution >= 0.6 is 0 Å². The number of guanidine groups is 1. The van der Waals surface area contributed by atoms with Crippen LogP contribution in [-0.2, 0) is 16.0 Å². The molecule has 1 aromatic heterocycles.